The van der Waals surface area contributed by atoms with Crippen LogP contribution in [0, 0.1) is 5.92 Å². The summed E-state index contributed by atoms with van der Waals surface area (Å²) in [7, 11) is 1.72. The van der Waals surface area contributed by atoms with E-state index in [9.17, 15) is 9.59 Å². The van der Waals surface area contributed by atoms with Crippen molar-refractivity contribution in [1.82, 2.24) is 10.2 Å². The van der Waals surface area contributed by atoms with Crippen LogP contribution in [0.3, 0.4) is 0 Å². The van der Waals surface area contributed by atoms with Crippen molar-refractivity contribution in [3.8, 4) is 11.5 Å². The first-order valence-electron chi connectivity index (χ1n) is 7.03. The summed E-state index contributed by atoms with van der Waals surface area (Å²) in [6.07, 6.45) is 1.03. The van der Waals surface area contributed by atoms with Crippen molar-refractivity contribution < 1.29 is 19.1 Å². The maximum Gasteiger partial charge on any atom is 0.231 e. The van der Waals surface area contributed by atoms with E-state index in [1.807, 2.05) is 18.2 Å². The normalized spacial score (nSPS) is 20.0. The lowest BCUT2D eigenvalue weighted by Gasteiger charge is -2.11. The van der Waals surface area contributed by atoms with Gasteiger partial charge in [0.1, 0.15) is 0 Å². The van der Waals surface area contributed by atoms with Gasteiger partial charge in [0, 0.05) is 26.6 Å². The van der Waals surface area contributed by atoms with Gasteiger partial charge in [-0.2, -0.15) is 0 Å². The number of amides is 2. The molecule has 0 radical (unpaired) electrons. The summed E-state index contributed by atoms with van der Waals surface area (Å²) < 4.78 is 10.6. The summed E-state index contributed by atoms with van der Waals surface area (Å²) in [5.41, 5.74) is 1.08. The lowest BCUT2D eigenvalue weighted by molar-refractivity contribution is -0.128. The van der Waals surface area contributed by atoms with Crippen LogP contribution in [0.15, 0.2) is 18.2 Å². The fourth-order valence-corrected chi connectivity index (χ4v) is 2.61. The molecule has 0 spiro atoms. The van der Waals surface area contributed by atoms with Crippen LogP contribution < -0.4 is 14.8 Å². The predicted molar refractivity (Wildman–Crippen MR) is 75.0 cm³/mol. The zero-order valence-corrected chi connectivity index (χ0v) is 11.9. The topological polar surface area (TPSA) is 67.9 Å². The molecule has 2 heterocycles. The summed E-state index contributed by atoms with van der Waals surface area (Å²) in [5.74, 6) is 1.27. The molecular formula is C15H18N2O4. The van der Waals surface area contributed by atoms with E-state index in [-0.39, 0.29) is 24.5 Å². The van der Waals surface area contributed by atoms with Gasteiger partial charge in [-0.25, -0.2) is 0 Å². The Kier molecular flexibility index (Phi) is 3.68. The molecular weight excluding hydrogens is 272 g/mol. The SMILES string of the molecule is CN1C[C@@H](C(=O)NCCc2ccc3c(c2)OCO3)CC1=O. The third kappa shape index (κ3) is 2.94. The Bertz CT molecular complexity index is 573. The quantitative estimate of drug-likeness (QED) is 0.879. The molecule has 3 rings (SSSR count). The highest BCUT2D eigenvalue weighted by atomic mass is 16.7. The predicted octanol–water partition coefficient (Wildman–Crippen LogP) is 0.552. The van der Waals surface area contributed by atoms with Crippen LogP contribution in [-0.4, -0.2) is 43.6 Å². The van der Waals surface area contributed by atoms with Crippen molar-refractivity contribution in [3.05, 3.63) is 23.8 Å². The maximum absolute atomic E-state index is 12.0. The van der Waals surface area contributed by atoms with Crippen molar-refractivity contribution in [2.45, 2.75) is 12.8 Å². The van der Waals surface area contributed by atoms with Gasteiger partial charge in [0.2, 0.25) is 18.6 Å². The number of hydrogen-bond donors (Lipinski definition) is 1. The van der Waals surface area contributed by atoms with Gasteiger partial charge >= 0.3 is 0 Å². The van der Waals surface area contributed by atoms with Crippen molar-refractivity contribution in [1.29, 1.82) is 0 Å². The minimum absolute atomic E-state index is 0.0333. The van der Waals surface area contributed by atoms with Gasteiger partial charge in [0.25, 0.3) is 0 Å². The second-order valence-corrected chi connectivity index (χ2v) is 5.40. The molecule has 1 atom stereocenters. The molecule has 112 valence electrons. The van der Waals surface area contributed by atoms with Crippen LogP contribution >= 0.6 is 0 Å². The van der Waals surface area contributed by atoms with E-state index in [1.165, 1.54) is 0 Å². The molecule has 0 aliphatic carbocycles. The van der Waals surface area contributed by atoms with Gasteiger partial charge < -0.3 is 19.7 Å². The Morgan fingerprint density at radius 3 is 2.95 bits per heavy atom. The number of carbonyl (C=O) groups is 2. The van der Waals surface area contributed by atoms with Crippen LogP contribution in [0.25, 0.3) is 0 Å². The third-order valence-corrected chi connectivity index (χ3v) is 3.86. The van der Waals surface area contributed by atoms with E-state index < -0.39 is 0 Å². The second-order valence-electron chi connectivity index (χ2n) is 5.40. The highest BCUT2D eigenvalue weighted by molar-refractivity contribution is 5.89. The lowest BCUT2D eigenvalue weighted by Crippen LogP contribution is -2.33. The van der Waals surface area contributed by atoms with Gasteiger partial charge in [0.15, 0.2) is 11.5 Å². The van der Waals surface area contributed by atoms with E-state index in [2.05, 4.69) is 5.32 Å². The molecule has 2 aliphatic rings. The molecule has 0 saturated carbocycles. The largest absolute Gasteiger partial charge is 0.454 e. The zero-order valence-electron chi connectivity index (χ0n) is 11.9. The molecule has 2 aliphatic heterocycles. The summed E-state index contributed by atoms with van der Waals surface area (Å²) in [6.45, 7) is 1.32. The molecule has 1 aromatic rings. The Morgan fingerprint density at radius 2 is 2.19 bits per heavy atom. The molecule has 6 heteroatoms. The van der Waals surface area contributed by atoms with Crippen molar-refractivity contribution in [2.24, 2.45) is 5.92 Å². The molecule has 1 aromatic carbocycles. The number of likely N-dealkylation sites (tertiary alicyclic amines) is 1. The van der Waals surface area contributed by atoms with Gasteiger partial charge in [-0.3, -0.25) is 9.59 Å². The van der Waals surface area contributed by atoms with Crippen LogP contribution in [0.5, 0.6) is 11.5 Å². The molecule has 0 bridgehead atoms. The smallest absolute Gasteiger partial charge is 0.231 e. The summed E-state index contributed by atoms with van der Waals surface area (Å²) >= 11 is 0. The second kappa shape index (κ2) is 5.63. The molecule has 6 nitrogen and oxygen atoms in total. The van der Waals surface area contributed by atoms with Crippen LogP contribution in [0.4, 0.5) is 0 Å². The van der Waals surface area contributed by atoms with Crippen LogP contribution in [0.1, 0.15) is 12.0 Å². The molecule has 1 fully saturated rings. The van der Waals surface area contributed by atoms with Crippen LogP contribution in [0.2, 0.25) is 0 Å². The Labute approximate surface area is 123 Å². The highest BCUT2D eigenvalue weighted by Crippen LogP contribution is 2.32. The van der Waals surface area contributed by atoms with E-state index >= 15 is 0 Å². The summed E-state index contributed by atoms with van der Waals surface area (Å²) in [6, 6.07) is 5.78. The Balaban J connectivity index is 1.48. The maximum atomic E-state index is 12.0. The first-order valence-corrected chi connectivity index (χ1v) is 7.03. The minimum atomic E-state index is -0.223. The lowest BCUT2D eigenvalue weighted by atomic mass is 10.1. The number of hydrogen-bond acceptors (Lipinski definition) is 4. The number of carbonyl (C=O) groups excluding carboxylic acids is 2. The Morgan fingerprint density at radius 1 is 1.38 bits per heavy atom. The standard InChI is InChI=1S/C15H18N2O4/c1-17-8-11(7-14(17)18)15(19)16-5-4-10-2-3-12-13(6-10)21-9-20-12/h2-3,6,11H,4-5,7-9H2,1H3,(H,16,19)/t11-/m0/s1. The number of nitrogens with one attached hydrogen (secondary N) is 1. The fourth-order valence-electron chi connectivity index (χ4n) is 2.61. The molecule has 0 unspecified atom stereocenters. The summed E-state index contributed by atoms with van der Waals surface area (Å²) in [4.78, 5) is 25.0. The first kappa shape index (κ1) is 13.7. The van der Waals surface area contributed by atoms with E-state index in [0.29, 0.717) is 19.5 Å². The fraction of sp³-hybridized carbons (Fsp3) is 0.467. The highest BCUT2D eigenvalue weighted by Gasteiger charge is 2.31. The molecule has 0 aromatic heterocycles. The number of benzene rings is 1. The number of ether oxygens (including phenoxy) is 2. The zero-order chi connectivity index (χ0) is 14.8. The number of rotatable bonds is 4. The molecule has 21 heavy (non-hydrogen) atoms. The van der Waals surface area contributed by atoms with Gasteiger partial charge in [-0.15, -0.1) is 0 Å². The van der Waals surface area contributed by atoms with E-state index in [1.54, 1.807) is 11.9 Å². The third-order valence-electron chi connectivity index (χ3n) is 3.86. The molecule has 2 amide bonds. The van der Waals surface area contributed by atoms with E-state index in [4.69, 9.17) is 9.47 Å². The Hall–Kier alpha value is -2.24. The molecule has 1 saturated heterocycles. The van der Waals surface area contributed by atoms with Crippen molar-refractivity contribution >= 4 is 11.8 Å². The minimum Gasteiger partial charge on any atom is -0.454 e. The monoisotopic (exact) mass is 290 g/mol. The number of nitrogens with zero attached hydrogens (tertiary/aromatic N) is 1. The first-order chi connectivity index (χ1) is 10.1. The van der Waals surface area contributed by atoms with Crippen LogP contribution in [-0.2, 0) is 16.0 Å². The average Bonchev–Trinajstić information content (AvgIpc) is 3.05. The van der Waals surface area contributed by atoms with Gasteiger partial charge in [-0.05, 0) is 24.1 Å². The van der Waals surface area contributed by atoms with Gasteiger partial charge in [-0.1, -0.05) is 6.07 Å². The summed E-state index contributed by atoms with van der Waals surface area (Å²) in [5, 5.41) is 2.89. The molecule has 1 N–H and O–H groups in total. The van der Waals surface area contributed by atoms with Crippen molar-refractivity contribution in [3.63, 3.8) is 0 Å². The van der Waals surface area contributed by atoms with E-state index in [0.717, 1.165) is 23.5 Å². The average molecular weight is 290 g/mol. The number of fused-ring (bicyclic) bond motifs is 1. The van der Waals surface area contributed by atoms with Crippen molar-refractivity contribution in [2.75, 3.05) is 26.9 Å². The van der Waals surface area contributed by atoms with Gasteiger partial charge in [0.05, 0.1) is 5.92 Å².